The molecule has 1 aliphatic rings. The third-order valence-electron chi connectivity index (χ3n) is 7.05. The summed E-state index contributed by atoms with van der Waals surface area (Å²) in [6.07, 6.45) is 4.13. The number of rotatable bonds is 10. The van der Waals surface area contributed by atoms with Crippen LogP contribution in [0.4, 0.5) is 0 Å². The first-order valence-corrected chi connectivity index (χ1v) is 14.2. The molecule has 0 saturated carbocycles. The first-order chi connectivity index (χ1) is 17.8. The lowest BCUT2D eigenvalue weighted by atomic mass is 9.95. The number of carbonyl (C=O) groups is 1. The molecule has 11 heteroatoms. The van der Waals surface area contributed by atoms with Gasteiger partial charge in [0, 0.05) is 32.3 Å². The Morgan fingerprint density at radius 2 is 1.97 bits per heavy atom. The van der Waals surface area contributed by atoms with Crippen LogP contribution in [0.5, 0.6) is 5.75 Å². The van der Waals surface area contributed by atoms with Crippen LogP contribution in [0.25, 0.3) is 22.4 Å². The number of nitrogens with zero attached hydrogens (tertiary/aromatic N) is 3. The van der Waals surface area contributed by atoms with E-state index in [1.54, 1.807) is 17.7 Å². The van der Waals surface area contributed by atoms with Crippen molar-refractivity contribution in [3.8, 4) is 17.1 Å². The van der Waals surface area contributed by atoms with Crippen molar-refractivity contribution in [3.63, 3.8) is 0 Å². The van der Waals surface area contributed by atoms with Gasteiger partial charge in [-0.05, 0) is 56.7 Å². The van der Waals surface area contributed by atoms with E-state index in [1.807, 2.05) is 13.8 Å². The average Bonchev–Trinajstić information content (AvgIpc) is 3.16. The summed E-state index contributed by atoms with van der Waals surface area (Å²) in [6, 6.07) is 4.59. The second-order valence-corrected chi connectivity index (χ2v) is 11.3. The number of piperidine rings is 1. The normalized spacial score (nSPS) is 15.4. The van der Waals surface area contributed by atoms with Crippen molar-refractivity contribution in [1.29, 1.82) is 0 Å². The summed E-state index contributed by atoms with van der Waals surface area (Å²) in [7, 11) is -2.14. The van der Waals surface area contributed by atoms with Crippen molar-refractivity contribution in [3.05, 3.63) is 39.8 Å². The van der Waals surface area contributed by atoms with Gasteiger partial charge in [-0.25, -0.2) is 13.4 Å². The molecule has 0 unspecified atom stereocenters. The van der Waals surface area contributed by atoms with Crippen LogP contribution in [0.1, 0.15) is 55.6 Å². The number of aliphatic hydroxyl groups is 1. The molecule has 37 heavy (non-hydrogen) atoms. The van der Waals surface area contributed by atoms with E-state index >= 15 is 0 Å². The molecule has 0 radical (unpaired) electrons. The lowest BCUT2D eigenvalue weighted by Crippen LogP contribution is -2.38. The van der Waals surface area contributed by atoms with Gasteiger partial charge in [-0.15, -0.1) is 0 Å². The van der Waals surface area contributed by atoms with Crippen molar-refractivity contribution >= 4 is 27.3 Å². The number of aliphatic hydroxyl groups excluding tert-OH is 1. The van der Waals surface area contributed by atoms with Crippen molar-refractivity contribution in [1.82, 2.24) is 18.8 Å². The van der Waals surface area contributed by atoms with E-state index in [4.69, 9.17) is 9.72 Å². The molecule has 1 aliphatic heterocycles. The molecule has 0 atom stereocenters. The minimum Gasteiger partial charge on any atom is -0.493 e. The lowest BCUT2D eigenvalue weighted by Gasteiger charge is -2.31. The Morgan fingerprint density at radius 1 is 1.24 bits per heavy atom. The molecular formula is C26H34N4O6S. The largest absolute Gasteiger partial charge is 0.493 e. The quantitative estimate of drug-likeness (QED) is 0.385. The summed E-state index contributed by atoms with van der Waals surface area (Å²) in [5, 5.41) is 9.20. The first-order valence-electron chi connectivity index (χ1n) is 12.7. The van der Waals surface area contributed by atoms with Gasteiger partial charge in [0.05, 0.1) is 22.8 Å². The Hall–Kier alpha value is -3.02. The zero-order valence-electron chi connectivity index (χ0n) is 21.5. The van der Waals surface area contributed by atoms with E-state index in [1.165, 1.54) is 16.4 Å². The number of sulfonamides is 1. The van der Waals surface area contributed by atoms with Gasteiger partial charge in [0.25, 0.3) is 5.56 Å². The topological polar surface area (TPSA) is 135 Å². The summed E-state index contributed by atoms with van der Waals surface area (Å²) in [5.74, 6) is 0.891. The van der Waals surface area contributed by atoms with Crippen LogP contribution in [-0.2, 0) is 23.5 Å². The third kappa shape index (κ3) is 5.07. The van der Waals surface area contributed by atoms with Gasteiger partial charge in [-0.2, -0.15) is 4.31 Å². The van der Waals surface area contributed by atoms with Crippen LogP contribution in [0, 0.1) is 5.92 Å². The summed E-state index contributed by atoms with van der Waals surface area (Å²) >= 11 is 0. The van der Waals surface area contributed by atoms with Gasteiger partial charge in [0.2, 0.25) is 10.0 Å². The van der Waals surface area contributed by atoms with Crippen LogP contribution in [-0.4, -0.2) is 65.0 Å². The maximum atomic E-state index is 13.5. The van der Waals surface area contributed by atoms with Crippen molar-refractivity contribution in [2.45, 2.75) is 50.8 Å². The molecule has 1 fully saturated rings. The highest BCUT2D eigenvalue weighted by molar-refractivity contribution is 7.89. The number of H-pyrrole nitrogens is 1. The minimum atomic E-state index is -3.79. The zero-order valence-corrected chi connectivity index (χ0v) is 22.3. The molecule has 3 aromatic rings. The fourth-order valence-corrected chi connectivity index (χ4v) is 6.61. The molecule has 4 rings (SSSR count). The predicted molar refractivity (Wildman–Crippen MR) is 141 cm³/mol. The van der Waals surface area contributed by atoms with E-state index in [2.05, 4.69) is 4.98 Å². The Morgan fingerprint density at radius 3 is 2.59 bits per heavy atom. The molecule has 3 heterocycles. The van der Waals surface area contributed by atoms with Gasteiger partial charge in [0.15, 0.2) is 6.29 Å². The molecule has 0 amide bonds. The van der Waals surface area contributed by atoms with Crippen molar-refractivity contribution < 1.29 is 23.1 Å². The molecule has 200 valence electrons. The van der Waals surface area contributed by atoms with Crippen molar-refractivity contribution in [2.24, 2.45) is 13.0 Å². The minimum absolute atomic E-state index is 0.0877. The number of aldehydes is 1. The number of benzene rings is 1. The number of aromatic nitrogens is 3. The Balaban J connectivity index is 1.82. The third-order valence-corrected chi connectivity index (χ3v) is 8.95. The number of hydrogen-bond acceptors (Lipinski definition) is 7. The highest BCUT2D eigenvalue weighted by Crippen LogP contribution is 2.34. The van der Waals surface area contributed by atoms with E-state index in [9.17, 15) is 23.1 Å². The number of aromatic amines is 1. The predicted octanol–water partition coefficient (Wildman–Crippen LogP) is 2.88. The zero-order chi connectivity index (χ0) is 26.7. The SMILES string of the molecule is CCCc1c(C=O)n(C)c2c(=O)[nH]c(-c3cc(S(=O)(=O)N4CCC(CCO)CC4)ccc3OCC)nc12. The van der Waals surface area contributed by atoms with Crippen molar-refractivity contribution in [2.75, 3.05) is 26.3 Å². The van der Waals surface area contributed by atoms with E-state index in [0.29, 0.717) is 84.9 Å². The second kappa shape index (κ2) is 11.2. The number of hydrogen-bond donors (Lipinski definition) is 2. The molecule has 0 bridgehead atoms. The van der Waals surface area contributed by atoms with Gasteiger partial charge in [-0.1, -0.05) is 13.3 Å². The van der Waals surface area contributed by atoms with Gasteiger partial charge in [-0.3, -0.25) is 9.59 Å². The average molecular weight is 531 g/mol. The summed E-state index contributed by atoms with van der Waals surface area (Å²) in [5.41, 5.74) is 1.74. The molecule has 1 aromatic carbocycles. The molecule has 0 aliphatic carbocycles. The maximum absolute atomic E-state index is 13.5. The molecule has 2 N–H and O–H groups in total. The fraction of sp³-hybridized carbons (Fsp3) is 0.500. The monoisotopic (exact) mass is 530 g/mol. The number of aryl methyl sites for hydroxylation is 2. The molecule has 1 saturated heterocycles. The summed E-state index contributed by atoms with van der Waals surface area (Å²) in [4.78, 5) is 32.5. The van der Waals surface area contributed by atoms with E-state index < -0.39 is 15.6 Å². The molecule has 2 aromatic heterocycles. The first kappa shape index (κ1) is 27.0. The smallest absolute Gasteiger partial charge is 0.275 e. The lowest BCUT2D eigenvalue weighted by molar-refractivity contribution is 0.111. The van der Waals surface area contributed by atoms with Gasteiger partial charge < -0.3 is 19.4 Å². The van der Waals surface area contributed by atoms with Crippen LogP contribution in [0.2, 0.25) is 0 Å². The van der Waals surface area contributed by atoms with Gasteiger partial charge in [0.1, 0.15) is 22.6 Å². The van der Waals surface area contributed by atoms with E-state index in [0.717, 1.165) is 12.7 Å². The molecule has 10 nitrogen and oxygen atoms in total. The standard InChI is InChI=1S/C26H34N4O6S/c1-4-6-19-21(16-32)29(3)24-23(19)27-25(28-26(24)33)20-15-18(7-8-22(20)36-5-2)37(34,35)30-12-9-17(10-13-30)11-14-31/h7-8,15-17,31H,4-6,9-14H2,1-3H3,(H,27,28,33). The van der Waals surface area contributed by atoms with E-state index in [-0.39, 0.29) is 17.3 Å². The molecular weight excluding hydrogens is 496 g/mol. The van der Waals surface area contributed by atoms with Crippen LogP contribution in [0.15, 0.2) is 27.9 Å². The number of carbonyl (C=O) groups excluding carboxylic acids is 1. The van der Waals surface area contributed by atoms with Crippen LogP contribution < -0.4 is 10.3 Å². The molecule has 0 spiro atoms. The number of nitrogens with one attached hydrogen (secondary N) is 1. The summed E-state index contributed by atoms with van der Waals surface area (Å²) in [6.45, 7) is 5.01. The summed E-state index contributed by atoms with van der Waals surface area (Å²) < 4.78 is 35.8. The highest BCUT2D eigenvalue weighted by atomic mass is 32.2. The van der Waals surface area contributed by atoms with Gasteiger partial charge >= 0.3 is 0 Å². The second-order valence-electron chi connectivity index (χ2n) is 9.35. The Kier molecular flexibility index (Phi) is 8.15. The number of ether oxygens (including phenoxy) is 1. The fourth-order valence-electron chi connectivity index (χ4n) is 5.11. The maximum Gasteiger partial charge on any atom is 0.275 e. The van der Waals surface area contributed by atoms with Crippen LogP contribution in [0.3, 0.4) is 0 Å². The Labute approximate surface area is 216 Å². The number of fused-ring (bicyclic) bond motifs is 1. The highest BCUT2D eigenvalue weighted by Gasteiger charge is 2.30. The Bertz CT molecular complexity index is 1450. The van der Waals surface area contributed by atoms with Crippen LogP contribution >= 0.6 is 0 Å².